The molecule has 0 bridgehead atoms. The van der Waals surface area contributed by atoms with Gasteiger partial charge in [0.05, 0.1) is 12.8 Å². The van der Waals surface area contributed by atoms with Crippen LogP contribution in [-0.4, -0.2) is 25.5 Å². The Kier molecular flexibility index (Phi) is 8.22. The standard InChI is InChI=1S/C25H35N3O3/c1-16(2)24(18-8-10-19(11-9-18)25(4,5)6)26-15-23(30)28-21-14-20(27-17(3)29)12-13-22(21)31-7/h8-14,16,24,26H,15H2,1-7H3,(H,27,29)(H,28,30)/p+1/t24-/m0/s1. The number of anilines is 2. The maximum absolute atomic E-state index is 12.7. The molecule has 2 aromatic carbocycles. The monoisotopic (exact) mass is 426 g/mol. The summed E-state index contributed by atoms with van der Waals surface area (Å²) >= 11 is 0. The van der Waals surface area contributed by atoms with Crippen LogP contribution in [-0.2, 0) is 15.0 Å². The van der Waals surface area contributed by atoms with Gasteiger partial charge >= 0.3 is 0 Å². The Balaban J connectivity index is 2.08. The van der Waals surface area contributed by atoms with Gasteiger partial charge < -0.3 is 20.7 Å². The highest BCUT2D eigenvalue weighted by molar-refractivity contribution is 5.95. The number of benzene rings is 2. The number of carbonyl (C=O) groups is 2. The zero-order valence-corrected chi connectivity index (χ0v) is 19.7. The van der Waals surface area contributed by atoms with Crippen LogP contribution in [0.4, 0.5) is 11.4 Å². The lowest BCUT2D eigenvalue weighted by atomic mass is 9.85. The summed E-state index contributed by atoms with van der Waals surface area (Å²) in [7, 11) is 1.55. The van der Waals surface area contributed by atoms with E-state index in [-0.39, 0.29) is 29.8 Å². The highest BCUT2D eigenvalue weighted by Crippen LogP contribution is 2.28. The molecular formula is C25H36N3O3+. The second-order valence-corrected chi connectivity index (χ2v) is 9.23. The lowest BCUT2D eigenvalue weighted by molar-refractivity contribution is -0.692. The molecule has 168 valence electrons. The van der Waals surface area contributed by atoms with Crippen molar-refractivity contribution in [1.82, 2.24) is 0 Å². The quantitative estimate of drug-likeness (QED) is 0.599. The summed E-state index contributed by atoms with van der Waals surface area (Å²) in [5.74, 6) is 0.606. The molecule has 31 heavy (non-hydrogen) atoms. The van der Waals surface area contributed by atoms with E-state index in [0.29, 0.717) is 23.0 Å². The molecule has 2 aromatic rings. The number of rotatable bonds is 8. The summed E-state index contributed by atoms with van der Waals surface area (Å²) in [5, 5.41) is 7.69. The van der Waals surface area contributed by atoms with Crippen LogP contribution in [0.2, 0.25) is 0 Å². The first-order valence-electron chi connectivity index (χ1n) is 10.7. The molecule has 6 heteroatoms. The lowest BCUT2D eigenvalue weighted by Gasteiger charge is -2.22. The highest BCUT2D eigenvalue weighted by atomic mass is 16.5. The van der Waals surface area contributed by atoms with Gasteiger partial charge in [0.25, 0.3) is 5.91 Å². The second kappa shape index (κ2) is 10.4. The maximum Gasteiger partial charge on any atom is 0.279 e. The zero-order chi connectivity index (χ0) is 23.2. The van der Waals surface area contributed by atoms with Gasteiger partial charge in [-0.1, -0.05) is 58.9 Å². The van der Waals surface area contributed by atoms with E-state index in [0.717, 1.165) is 0 Å². The van der Waals surface area contributed by atoms with E-state index in [1.165, 1.54) is 18.1 Å². The number of nitrogens with one attached hydrogen (secondary N) is 2. The van der Waals surface area contributed by atoms with E-state index < -0.39 is 0 Å². The Hall–Kier alpha value is -2.86. The van der Waals surface area contributed by atoms with Crippen LogP contribution >= 0.6 is 0 Å². The van der Waals surface area contributed by atoms with Gasteiger partial charge in [0.1, 0.15) is 11.8 Å². The molecule has 4 N–H and O–H groups in total. The van der Waals surface area contributed by atoms with Crippen LogP contribution in [0.1, 0.15) is 58.7 Å². The van der Waals surface area contributed by atoms with E-state index in [9.17, 15) is 9.59 Å². The first-order chi connectivity index (χ1) is 14.5. The Morgan fingerprint density at radius 3 is 2.19 bits per heavy atom. The van der Waals surface area contributed by atoms with E-state index in [4.69, 9.17) is 4.74 Å². The third-order valence-corrected chi connectivity index (χ3v) is 5.23. The van der Waals surface area contributed by atoms with Crippen LogP contribution in [0.3, 0.4) is 0 Å². The third-order valence-electron chi connectivity index (χ3n) is 5.23. The number of carbonyl (C=O) groups excluding carboxylic acids is 2. The SMILES string of the molecule is COc1ccc(NC(C)=O)cc1NC(=O)C[NH2+][C@H](c1ccc(C(C)(C)C)cc1)C(C)C. The Morgan fingerprint density at radius 1 is 1.03 bits per heavy atom. The first kappa shape index (κ1) is 24.4. The predicted molar refractivity (Wildman–Crippen MR) is 125 cm³/mol. The van der Waals surface area contributed by atoms with Crippen molar-refractivity contribution in [1.29, 1.82) is 0 Å². The number of quaternary nitrogens is 1. The van der Waals surface area contributed by atoms with E-state index in [2.05, 4.69) is 74.8 Å². The number of hydrogen-bond acceptors (Lipinski definition) is 3. The number of hydrogen-bond donors (Lipinski definition) is 3. The Bertz CT molecular complexity index is 899. The van der Waals surface area contributed by atoms with Crippen molar-refractivity contribution in [2.24, 2.45) is 5.92 Å². The van der Waals surface area contributed by atoms with E-state index >= 15 is 0 Å². The minimum atomic E-state index is -0.173. The van der Waals surface area contributed by atoms with Crippen molar-refractivity contribution < 1.29 is 19.6 Å². The Morgan fingerprint density at radius 2 is 1.68 bits per heavy atom. The molecule has 0 aliphatic carbocycles. The summed E-state index contributed by atoms with van der Waals surface area (Å²) in [5.41, 5.74) is 3.75. The largest absolute Gasteiger partial charge is 0.495 e. The molecule has 0 radical (unpaired) electrons. The molecule has 0 saturated carbocycles. The molecule has 2 amide bonds. The fraction of sp³-hybridized carbons (Fsp3) is 0.440. The van der Waals surface area contributed by atoms with Crippen LogP contribution < -0.4 is 20.7 Å². The minimum absolute atomic E-state index is 0.111. The van der Waals surface area contributed by atoms with Crippen LogP contribution in [0, 0.1) is 5.92 Å². The van der Waals surface area contributed by atoms with Crippen LogP contribution in [0.5, 0.6) is 5.75 Å². The van der Waals surface area contributed by atoms with Crippen molar-refractivity contribution in [3.05, 3.63) is 53.6 Å². The smallest absolute Gasteiger partial charge is 0.279 e. The number of methoxy groups -OCH3 is 1. The van der Waals surface area contributed by atoms with Crippen LogP contribution in [0.15, 0.2) is 42.5 Å². The van der Waals surface area contributed by atoms with E-state index in [1.54, 1.807) is 25.3 Å². The fourth-order valence-electron chi connectivity index (χ4n) is 3.52. The molecule has 0 heterocycles. The van der Waals surface area contributed by atoms with Gasteiger partial charge in [0.2, 0.25) is 5.91 Å². The van der Waals surface area contributed by atoms with Gasteiger partial charge in [-0.15, -0.1) is 0 Å². The lowest BCUT2D eigenvalue weighted by Crippen LogP contribution is -2.88. The average Bonchev–Trinajstić information content (AvgIpc) is 2.67. The summed E-state index contributed by atoms with van der Waals surface area (Å²) in [6.45, 7) is 12.6. The van der Waals surface area contributed by atoms with Crippen molar-refractivity contribution in [3.8, 4) is 5.75 Å². The number of nitrogens with two attached hydrogens (primary N) is 1. The predicted octanol–water partition coefficient (Wildman–Crippen LogP) is 3.85. The van der Waals surface area contributed by atoms with Gasteiger partial charge in [-0.3, -0.25) is 9.59 Å². The summed E-state index contributed by atoms with van der Waals surface area (Å²) in [6.07, 6.45) is 0. The number of ether oxygens (including phenoxy) is 1. The van der Waals surface area contributed by atoms with Gasteiger partial charge in [-0.2, -0.15) is 0 Å². The maximum atomic E-state index is 12.7. The highest BCUT2D eigenvalue weighted by Gasteiger charge is 2.22. The molecule has 1 atom stereocenters. The molecule has 0 aliphatic heterocycles. The summed E-state index contributed by atoms with van der Waals surface area (Å²) in [4.78, 5) is 24.0. The van der Waals surface area contributed by atoms with Crippen molar-refractivity contribution in [3.63, 3.8) is 0 Å². The van der Waals surface area contributed by atoms with Crippen molar-refractivity contribution in [2.75, 3.05) is 24.3 Å². The molecule has 0 spiro atoms. The molecule has 0 aromatic heterocycles. The molecule has 0 fully saturated rings. The minimum Gasteiger partial charge on any atom is -0.495 e. The average molecular weight is 427 g/mol. The second-order valence-electron chi connectivity index (χ2n) is 9.23. The van der Waals surface area contributed by atoms with Crippen molar-refractivity contribution >= 4 is 23.2 Å². The zero-order valence-electron chi connectivity index (χ0n) is 19.7. The molecule has 6 nitrogen and oxygen atoms in total. The molecule has 0 aliphatic rings. The normalized spacial score (nSPS) is 12.4. The molecular weight excluding hydrogens is 390 g/mol. The van der Waals surface area contributed by atoms with Gasteiger partial charge in [-0.05, 0) is 29.2 Å². The van der Waals surface area contributed by atoms with Gasteiger partial charge in [0, 0.05) is 24.1 Å². The molecule has 0 saturated heterocycles. The summed E-state index contributed by atoms with van der Waals surface area (Å²) in [6, 6.07) is 14.0. The molecule has 0 unspecified atom stereocenters. The first-order valence-corrected chi connectivity index (χ1v) is 10.7. The van der Waals surface area contributed by atoms with Gasteiger partial charge in [-0.25, -0.2) is 0 Å². The topological polar surface area (TPSA) is 84.0 Å². The number of amides is 2. The van der Waals surface area contributed by atoms with Crippen LogP contribution in [0.25, 0.3) is 0 Å². The Labute approximate surface area is 185 Å². The van der Waals surface area contributed by atoms with Gasteiger partial charge in [0.15, 0.2) is 6.54 Å². The molecule has 2 rings (SSSR count). The van der Waals surface area contributed by atoms with Crippen molar-refractivity contribution in [2.45, 2.75) is 53.0 Å². The van der Waals surface area contributed by atoms with E-state index in [1.807, 2.05) is 0 Å². The third kappa shape index (κ3) is 7.10. The fourth-order valence-corrected chi connectivity index (χ4v) is 3.52. The summed E-state index contributed by atoms with van der Waals surface area (Å²) < 4.78 is 5.34.